The minimum Gasteiger partial charge on any atom is -0.490 e. The highest BCUT2D eigenvalue weighted by atomic mass is 79.9. The molecule has 3 nitrogen and oxygen atoms in total. The topological polar surface area (TPSA) is 25.4 Å². The van der Waals surface area contributed by atoms with E-state index in [4.69, 9.17) is 4.74 Å². The molecule has 1 atom stereocenters. The predicted molar refractivity (Wildman–Crippen MR) is 82.1 cm³/mol. The molecule has 0 saturated carbocycles. The lowest BCUT2D eigenvalue weighted by Crippen LogP contribution is -2.30. The molecule has 0 radical (unpaired) electrons. The fourth-order valence-electron chi connectivity index (χ4n) is 2.49. The van der Waals surface area contributed by atoms with E-state index in [-0.39, 0.29) is 0 Å². The van der Waals surface area contributed by atoms with E-state index in [1.165, 1.54) is 37.8 Å². The molecule has 2 rings (SSSR count). The molecule has 0 N–H and O–H groups in total. The number of aromatic nitrogens is 1. The summed E-state index contributed by atoms with van der Waals surface area (Å²) in [6.07, 6.45) is 9.79. The maximum absolute atomic E-state index is 5.89. The van der Waals surface area contributed by atoms with Crippen molar-refractivity contribution in [3.63, 3.8) is 0 Å². The Labute approximate surface area is 124 Å². The summed E-state index contributed by atoms with van der Waals surface area (Å²) in [7, 11) is 2.18. The van der Waals surface area contributed by atoms with Crippen LogP contribution in [0.15, 0.2) is 18.5 Å². The maximum atomic E-state index is 5.89. The van der Waals surface area contributed by atoms with Crippen LogP contribution in [-0.4, -0.2) is 41.5 Å². The van der Waals surface area contributed by atoms with Crippen LogP contribution in [0.3, 0.4) is 0 Å². The third kappa shape index (κ3) is 4.77. The Balaban J connectivity index is 1.81. The molecular weight excluding hydrogens is 304 g/mol. The van der Waals surface area contributed by atoms with Gasteiger partial charge in [-0.3, -0.25) is 4.98 Å². The Bertz CT molecular complexity index is 386. The van der Waals surface area contributed by atoms with Crippen LogP contribution in [0.25, 0.3) is 0 Å². The van der Waals surface area contributed by atoms with Gasteiger partial charge in [0.15, 0.2) is 0 Å². The van der Waals surface area contributed by atoms with Gasteiger partial charge in [0.2, 0.25) is 0 Å². The molecule has 106 valence electrons. The Morgan fingerprint density at radius 1 is 1.42 bits per heavy atom. The zero-order valence-electron chi connectivity index (χ0n) is 11.6. The van der Waals surface area contributed by atoms with Crippen molar-refractivity contribution in [3.05, 3.63) is 24.0 Å². The van der Waals surface area contributed by atoms with Crippen LogP contribution in [0.5, 0.6) is 5.75 Å². The lowest BCUT2D eigenvalue weighted by molar-refractivity contribution is 0.197. The third-order valence-corrected chi connectivity index (χ3v) is 4.29. The van der Waals surface area contributed by atoms with Gasteiger partial charge in [-0.15, -0.1) is 0 Å². The molecule has 0 unspecified atom stereocenters. The summed E-state index contributed by atoms with van der Waals surface area (Å²) in [6, 6.07) is 2.70. The number of alkyl halides is 1. The molecule has 1 aliphatic heterocycles. The number of hydrogen-bond acceptors (Lipinski definition) is 3. The monoisotopic (exact) mass is 326 g/mol. The van der Waals surface area contributed by atoms with Crippen molar-refractivity contribution in [1.82, 2.24) is 9.88 Å². The summed E-state index contributed by atoms with van der Waals surface area (Å²) in [5, 5.41) is 1.07. The molecule has 0 bridgehead atoms. The first-order valence-corrected chi connectivity index (χ1v) is 8.24. The van der Waals surface area contributed by atoms with Gasteiger partial charge in [0.25, 0.3) is 0 Å². The van der Waals surface area contributed by atoms with Crippen LogP contribution in [-0.2, 0) is 6.42 Å². The van der Waals surface area contributed by atoms with Crippen molar-refractivity contribution in [3.8, 4) is 5.75 Å². The molecule has 1 saturated heterocycles. The molecule has 2 heterocycles. The number of likely N-dealkylation sites (N-methyl/N-ethyl adjacent to an activating group) is 1. The van der Waals surface area contributed by atoms with Gasteiger partial charge in [0.05, 0.1) is 6.20 Å². The maximum Gasteiger partial charge on any atom is 0.137 e. The lowest BCUT2D eigenvalue weighted by atomic mass is 10.1. The van der Waals surface area contributed by atoms with Gasteiger partial charge in [-0.1, -0.05) is 15.9 Å². The molecule has 1 fully saturated rings. The quantitative estimate of drug-likeness (QED) is 0.568. The van der Waals surface area contributed by atoms with Gasteiger partial charge in [-0.25, -0.2) is 0 Å². The Morgan fingerprint density at radius 2 is 2.32 bits per heavy atom. The van der Waals surface area contributed by atoms with Crippen molar-refractivity contribution in [2.75, 3.05) is 25.5 Å². The van der Waals surface area contributed by atoms with E-state index >= 15 is 0 Å². The number of rotatable bonds is 7. The van der Waals surface area contributed by atoms with E-state index in [2.05, 4.69) is 38.9 Å². The molecule has 19 heavy (non-hydrogen) atoms. The number of aryl methyl sites for hydroxylation is 1. The summed E-state index contributed by atoms with van der Waals surface area (Å²) in [5.74, 6) is 0.914. The van der Waals surface area contributed by atoms with Gasteiger partial charge >= 0.3 is 0 Å². The first kappa shape index (κ1) is 14.8. The molecule has 4 heteroatoms. The SMILES string of the molecule is CN1CCC[C@H]1COc1cncc(CCCCBr)c1. The average Bonchev–Trinajstić information content (AvgIpc) is 2.83. The molecule has 0 aromatic carbocycles. The van der Waals surface area contributed by atoms with E-state index in [1.54, 1.807) is 0 Å². The smallest absolute Gasteiger partial charge is 0.137 e. The van der Waals surface area contributed by atoms with Crippen molar-refractivity contribution in [1.29, 1.82) is 0 Å². The van der Waals surface area contributed by atoms with Crippen molar-refractivity contribution >= 4 is 15.9 Å². The summed E-state index contributed by atoms with van der Waals surface area (Å²) >= 11 is 3.46. The highest BCUT2D eigenvalue weighted by Crippen LogP contribution is 2.18. The van der Waals surface area contributed by atoms with E-state index < -0.39 is 0 Å². The van der Waals surface area contributed by atoms with E-state index in [0.29, 0.717) is 6.04 Å². The molecular formula is C15H23BrN2O. The van der Waals surface area contributed by atoms with Crippen LogP contribution in [0.1, 0.15) is 31.2 Å². The summed E-state index contributed by atoms with van der Waals surface area (Å²) < 4.78 is 5.89. The minimum atomic E-state index is 0.567. The fourth-order valence-corrected chi connectivity index (χ4v) is 2.88. The summed E-state index contributed by atoms with van der Waals surface area (Å²) in [4.78, 5) is 6.66. The van der Waals surface area contributed by atoms with Gasteiger partial charge in [0.1, 0.15) is 12.4 Å². The first-order chi connectivity index (χ1) is 9.29. The fraction of sp³-hybridized carbons (Fsp3) is 0.667. The Kier molecular flexibility index (Phi) is 6.11. The zero-order chi connectivity index (χ0) is 13.5. The summed E-state index contributed by atoms with van der Waals surface area (Å²) in [6.45, 7) is 1.97. The number of likely N-dealkylation sites (tertiary alicyclic amines) is 1. The van der Waals surface area contributed by atoms with E-state index in [1.807, 2.05) is 12.4 Å². The average molecular weight is 327 g/mol. The van der Waals surface area contributed by atoms with E-state index in [9.17, 15) is 0 Å². The molecule has 1 aliphatic rings. The van der Waals surface area contributed by atoms with Crippen LogP contribution in [0.4, 0.5) is 0 Å². The number of ether oxygens (including phenoxy) is 1. The second-order valence-electron chi connectivity index (χ2n) is 5.26. The highest BCUT2D eigenvalue weighted by Gasteiger charge is 2.21. The molecule has 1 aromatic heterocycles. The van der Waals surface area contributed by atoms with Crippen molar-refractivity contribution in [2.45, 2.75) is 38.1 Å². The standard InChI is InChI=1S/C15H23BrN2O/c1-18-8-4-6-14(18)12-19-15-9-13(10-17-11-15)5-2-3-7-16/h9-11,14H,2-8,12H2,1H3/t14-/m0/s1. The zero-order valence-corrected chi connectivity index (χ0v) is 13.2. The largest absolute Gasteiger partial charge is 0.490 e. The van der Waals surface area contributed by atoms with E-state index in [0.717, 1.165) is 24.1 Å². The second-order valence-corrected chi connectivity index (χ2v) is 6.06. The van der Waals surface area contributed by atoms with Crippen LogP contribution < -0.4 is 4.74 Å². The number of halogens is 1. The minimum absolute atomic E-state index is 0.567. The first-order valence-electron chi connectivity index (χ1n) is 7.12. The Morgan fingerprint density at radius 3 is 3.05 bits per heavy atom. The lowest BCUT2D eigenvalue weighted by Gasteiger charge is -2.19. The van der Waals surface area contributed by atoms with Crippen molar-refractivity contribution < 1.29 is 4.74 Å². The Hall–Kier alpha value is -0.610. The molecule has 0 aliphatic carbocycles. The van der Waals surface area contributed by atoms with Crippen LogP contribution in [0.2, 0.25) is 0 Å². The van der Waals surface area contributed by atoms with Gasteiger partial charge < -0.3 is 9.64 Å². The predicted octanol–water partition coefficient (Wildman–Crippen LogP) is 3.27. The molecule has 1 aromatic rings. The third-order valence-electron chi connectivity index (χ3n) is 3.73. The van der Waals surface area contributed by atoms with Gasteiger partial charge in [0, 0.05) is 17.6 Å². The molecule has 0 amide bonds. The highest BCUT2D eigenvalue weighted by molar-refractivity contribution is 9.09. The molecule has 0 spiro atoms. The number of nitrogens with zero attached hydrogens (tertiary/aromatic N) is 2. The number of unbranched alkanes of at least 4 members (excludes halogenated alkanes) is 1. The second kappa shape index (κ2) is 7.85. The van der Waals surface area contributed by atoms with Crippen molar-refractivity contribution in [2.24, 2.45) is 0 Å². The normalized spacial score (nSPS) is 19.8. The van der Waals surface area contributed by atoms with Gasteiger partial charge in [-0.2, -0.15) is 0 Å². The van der Waals surface area contributed by atoms with Crippen LogP contribution in [0, 0.1) is 0 Å². The van der Waals surface area contributed by atoms with Gasteiger partial charge in [-0.05, 0) is 57.3 Å². The number of hydrogen-bond donors (Lipinski definition) is 0. The van der Waals surface area contributed by atoms with Crippen LogP contribution >= 0.6 is 15.9 Å². The number of pyridine rings is 1. The summed E-state index contributed by atoms with van der Waals surface area (Å²) in [5.41, 5.74) is 1.28.